The van der Waals surface area contributed by atoms with Gasteiger partial charge in [-0.2, -0.15) is 0 Å². The van der Waals surface area contributed by atoms with E-state index in [1.165, 1.54) is 63.1 Å². The van der Waals surface area contributed by atoms with Gasteiger partial charge in [-0.15, -0.1) is 34.2 Å². The molecule has 1 saturated heterocycles. The summed E-state index contributed by atoms with van der Waals surface area (Å²) in [7, 11) is 1.91. The van der Waals surface area contributed by atoms with Crippen LogP contribution in [0.25, 0.3) is 0 Å². The van der Waals surface area contributed by atoms with E-state index in [0.717, 1.165) is 44.9 Å². The third kappa shape index (κ3) is 4.17. The Bertz CT molecular complexity index is 622. The smallest absolute Gasteiger partial charge is 0.193 e. The molecule has 1 aromatic rings. The molecule has 1 N–H and O–H groups in total. The lowest BCUT2D eigenvalue weighted by atomic mass is 9.68. The molecule has 0 amide bonds. The van der Waals surface area contributed by atoms with Gasteiger partial charge in [-0.25, -0.2) is 0 Å². The van der Waals surface area contributed by atoms with Crippen LogP contribution in [0, 0.1) is 5.41 Å². The topological polar surface area (TPSA) is 58.3 Å². The molecule has 146 valence electrons. The standard InChI is InChI=1S/C19H32N6.HI/c1-20-18(24-14-11-19(15-24)9-6-10-19)21-12-5-8-17-23-22-16-7-3-2-4-13-25(16)17;/h2-15H2,1H3,(H,20,21);1H. The lowest BCUT2D eigenvalue weighted by molar-refractivity contribution is 0.151. The molecule has 3 heterocycles. The summed E-state index contributed by atoms with van der Waals surface area (Å²) in [6, 6.07) is 0. The second kappa shape index (κ2) is 8.89. The number of hydrogen-bond donors (Lipinski definition) is 1. The van der Waals surface area contributed by atoms with Crippen molar-refractivity contribution in [1.82, 2.24) is 25.0 Å². The van der Waals surface area contributed by atoms with Crippen LogP contribution >= 0.6 is 24.0 Å². The van der Waals surface area contributed by atoms with Crippen LogP contribution < -0.4 is 5.32 Å². The SMILES string of the molecule is CN=C(NCCCc1nnc2n1CCCCC2)N1CCC2(CCC2)C1.I. The number of hydrogen-bond acceptors (Lipinski definition) is 3. The number of nitrogens with zero attached hydrogens (tertiary/aromatic N) is 5. The summed E-state index contributed by atoms with van der Waals surface area (Å²) in [6.07, 6.45) is 12.6. The third-order valence-corrected chi connectivity index (χ3v) is 6.41. The van der Waals surface area contributed by atoms with E-state index in [4.69, 9.17) is 0 Å². The Labute approximate surface area is 174 Å². The first-order chi connectivity index (χ1) is 12.3. The minimum atomic E-state index is 0. The monoisotopic (exact) mass is 472 g/mol. The van der Waals surface area contributed by atoms with Gasteiger partial charge in [0.05, 0.1) is 0 Å². The average Bonchev–Trinajstić information content (AvgIpc) is 3.13. The first-order valence-corrected chi connectivity index (χ1v) is 10.2. The van der Waals surface area contributed by atoms with Crippen molar-refractivity contribution in [2.75, 3.05) is 26.7 Å². The summed E-state index contributed by atoms with van der Waals surface area (Å²) in [5.74, 6) is 3.45. The number of guanidine groups is 1. The predicted molar refractivity (Wildman–Crippen MR) is 115 cm³/mol. The summed E-state index contributed by atoms with van der Waals surface area (Å²) in [5.41, 5.74) is 0.622. The van der Waals surface area contributed by atoms with E-state index in [-0.39, 0.29) is 24.0 Å². The highest BCUT2D eigenvalue weighted by atomic mass is 127. The molecule has 0 atom stereocenters. The van der Waals surface area contributed by atoms with Gasteiger partial charge in [0, 0.05) is 46.1 Å². The number of aryl methyl sites for hydroxylation is 2. The molecule has 0 bridgehead atoms. The fourth-order valence-corrected chi connectivity index (χ4v) is 4.71. The fraction of sp³-hybridized carbons (Fsp3) is 0.842. The van der Waals surface area contributed by atoms with Gasteiger partial charge in [0.2, 0.25) is 0 Å². The lowest BCUT2D eigenvalue weighted by Gasteiger charge is -2.38. The Morgan fingerprint density at radius 3 is 2.73 bits per heavy atom. The fourth-order valence-electron chi connectivity index (χ4n) is 4.71. The van der Waals surface area contributed by atoms with Crippen LogP contribution in [0.4, 0.5) is 0 Å². The molecule has 6 nitrogen and oxygen atoms in total. The van der Waals surface area contributed by atoms with Crippen molar-refractivity contribution in [1.29, 1.82) is 0 Å². The second-order valence-electron chi connectivity index (χ2n) is 8.10. The van der Waals surface area contributed by atoms with Crippen LogP contribution in [0.1, 0.15) is 63.0 Å². The van der Waals surface area contributed by atoms with Gasteiger partial charge < -0.3 is 14.8 Å². The minimum absolute atomic E-state index is 0. The molecule has 3 aliphatic rings. The van der Waals surface area contributed by atoms with Crippen molar-refractivity contribution < 1.29 is 0 Å². The molecule has 7 heteroatoms. The van der Waals surface area contributed by atoms with E-state index in [2.05, 4.69) is 30.0 Å². The summed E-state index contributed by atoms with van der Waals surface area (Å²) >= 11 is 0. The maximum absolute atomic E-state index is 4.51. The van der Waals surface area contributed by atoms with Crippen molar-refractivity contribution in [2.24, 2.45) is 10.4 Å². The minimum Gasteiger partial charge on any atom is -0.356 e. The molecule has 0 aromatic carbocycles. The van der Waals surface area contributed by atoms with Gasteiger partial charge in [0.1, 0.15) is 11.6 Å². The van der Waals surface area contributed by atoms with E-state index < -0.39 is 0 Å². The van der Waals surface area contributed by atoms with E-state index >= 15 is 0 Å². The molecule has 2 aliphatic heterocycles. The highest BCUT2D eigenvalue weighted by molar-refractivity contribution is 14.0. The molecule has 2 fully saturated rings. The van der Waals surface area contributed by atoms with Crippen molar-refractivity contribution in [3.8, 4) is 0 Å². The molecule has 1 aliphatic carbocycles. The Morgan fingerprint density at radius 1 is 1.12 bits per heavy atom. The van der Waals surface area contributed by atoms with Crippen molar-refractivity contribution >= 4 is 29.9 Å². The zero-order valence-electron chi connectivity index (χ0n) is 16.0. The normalized spacial score (nSPS) is 21.7. The number of likely N-dealkylation sites (tertiary alicyclic amines) is 1. The summed E-state index contributed by atoms with van der Waals surface area (Å²) in [4.78, 5) is 6.97. The van der Waals surface area contributed by atoms with Crippen molar-refractivity contribution in [3.63, 3.8) is 0 Å². The Morgan fingerprint density at radius 2 is 2.00 bits per heavy atom. The molecule has 1 aromatic heterocycles. The Balaban J connectivity index is 0.00000196. The van der Waals surface area contributed by atoms with Gasteiger partial charge in [-0.3, -0.25) is 4.99 Å². The zero-order chi connectivity index (χ0) is 17.1. The van der Waals surface area contributed by atoms with Gasteiger partial charge >= 0.3 is 0 Å². The number of aliphatic imine (C=N–C) groups is 1. The first kappa shape index (κ1) is 19.9. The molecular formula is C19H33IN6. The van der Waals surface area contributed by atoms with Crippen molar-refractivity contribution in [3.05, 3.63) is 11.6 Å². The molecule has 0 radical (unpaired) electrons. The molecule has 0 unspecified atom stereocenters. The average molecular weight is 472 g/mol. The zero-order valence-corrected chi connectivity index (χ0v) is 18.4. The summed E-state index contributed by atoms with van der Waals surface area (Å²) in [6.45, 7) is 4.42. The highest BCUT2D eigenvalue weighted by Crippen LogP contribution is 2.47. The van der Waals surface area contributed by atoms with Gasteiger partial charge in [0.25, 0.3) is 0 Å². The molecule has 1 saturated carbocycles. The summed E-state index contributed by atoms with van der Waals surface area (Å²) < 4.78 is 2.36. The van der Waals surface area contributed by atoms with Crippen molar-refractivity contribution in [2.45, 2.75) is 70.8 Å². The summed E-state index contributed by atoms with van der Waals surface area (Å²) in [5, 5.41) is 12.4. The molecule has 1 spiro atoms. The highest BCUT2D eigenvalue weighted by Gasteiger charge is 2.43. The predicted octanol–water partition coefficient (Wildman–Crippen LogP) is 3.01. The number of halogens is 1. The van der Waals surface area contributed by atoms with Crippen LogP contribution in [0.15, 0.2) is 4.99 Å². The Hall–Kier alpha value is -0.860. The van der Waals surface area contributed by atoms with Crippen LogP contribution in [-0.2, 0) is 19.4 Å². The lowest BCUT2D eigenvalue weighted by Crippen LogP contribution is -2.42. The molecular weight excluding hydrogens is 439 g/mol. The number of rotatable bonds is 4. The number of nitrogens with one attached hydrogen (secondary N) is 1. The molecule has 4 rings (SSSR count). The first-order valence-electron chi connectivity index (χ1n) is 10.2. The van der Waals surface area contributed by atoms with E-state index in [1.54, 1.807) is 0 Å². The van der Waals surface area contributed by atoms with Crippen LogP contribution in [-0.4, -0.2) is 52.3 Å². The maximum Gasteiger partial charge on any atom is 0.193 e. The van der Waals surface area contributed by atoms with E-state index in [9.17, 15) is 0 Å². The maximum atomic E-state index is 4.51. The quantitative estimate of drug-likeness (QED) is 0.317. The number of fused-ring (bicyclic) bond motifs is 1. The Kier molecular flexibility index (Phi) is 6.80. The number of aromatic nitrogens is 3. The van der Waals surface area contributed by atoms with E-state index in [0.29, 0.717) is 5.41 Å². The van der Waals surface area contributed by atoms with Crippen LogP contribution in [0.5, 0.6) is 0 Å². The third-order valence-electron chi connectivity index (χ3n) is 6.41. The largest absolute Gasteiger partial charge is 0.356 e. The van der Waals surface area contributed by atoms with Gasteiger partial charge in [0.15, 0.2) is 5.96 Å². The van der Waals surface area contributed by atoms with Gasteiger partial charge in [-0.1, -0.05) is 12.8 Å². The second-order valence-corrected chi connectivity index (χ2v) is 8.10. The van der Waals surface area contributed by atoms with Crippen LogP contribution in [0.3, 0.4) is 0 Å². The van der Waals surface area contributed by atoms with Crippen LogP contribution in [0.2, 0.25) is 0 Å². The molecule has 26 heavy (non-hydrogen) atoms. The van der Waals surface area contributed by atoms with Gasteiger partial charge in [-0.05, 0) is 43.9 Å². The van der Waals surface area contributed by atoms with E-state index in [1.807, 2.05) is 7.05 Å².